The number of hydrogen-bond donors (Lipinski definition) is 4. The molecule has 0 saturated heterocycles. The molecule has 43 heavy (non-hydrogen) atoms. The maximum atomic E-state index is 5.81. The standard InChI is InChI=1S/C16H14ClN5.C15H14N6/c1-10-2-4-12(18)8-14(10)22-16-19-7-6-13(21-16)11-3-5-15(17)20-9-11;1-10-4-5-11(16)9-14(10)20-15-17-8-6-12(19-15)13-3-2-7-18-21-13/h2-9H,18H2,1H3,(H,19,21,22);2-9H,16H2,1H3,(H,17,19,20). The molecule has 214 valence electrons. The Morgan fingerprint density at radius 1 is 0.628 bits per heavy atom. The van der Waals surface area contributed by atoms with Gasteiger partial charge in [-0.15, -0.1) is 5.10 Å². The van der Waals surface area contributed by atoms with E-state index in [1.807, 2.05) is 74.5 Å². The maximum Gasteiger partial charge on any atom is 0.227 e. The summed E-state index contributed by atoms with van der Waals surface area (Å²) in [5.74, 6) is 0.994. The second-order valence-electron chi connectivity index (χ2n) is 9.41. The molecule has 0 spiro atoms. The first-order valence-corrected chi connectivity index (χ1v) is 13.5. The van der Waals surface area contributed by atoms with E-state index < -0.39 is 0 Å². The zero-order chi connectivity index (χ0) is 30.2. The molecule has 0 atom stereocenters. The van der Waals surface area contributed by atoms with Crippen LogP contribution in [0.2, 0.25) is 5.15 Å². The number of nitrogens with zero attached hydrogens (tertiary/aromatic N) is 7. The molecule has 0 saturated carbocycles. The van der Waals surface area contributed by atoms with E-state index in [1.165, 1.54) is 0 Å². The third-order valence-corrected chi connectivity index (χ3v) is 6.41. The van der Waals surface area contributed by atoms with Crippen LogP contribution in [0.15, 0.2) is 97.6 Å². The van der Waals surface area contributed by atoms with Gasteiger partial charge in [0.15, 0.2) is 0 Å². The number of aromatic nitrogens is 7. The van der Waals surface area contributed by atoms with Crippen molar-refractivity contribution in [1.82, 2.24) is 35.1 Å². The molecule has 6 rings (SSSR count). The van der Waals surface area contributed by atoms with Gasteiger partial charge in [0.1, 0.15) is 10.8 Å². The summed E-state index contributed by atoms with van der Waals surface area (Å²) in [5.41, 5.74) is 19.9. The van der Waals surface area contributed by atoms with Crippen LogP contribution in [0.5, 0.6) is 0 Å². The van der Waals surface area contributed by atoms with Gasteiger partial charge in [-0.2, -0.15) is 5.10 Å². The van der Waals surface area contributed by atoms with E-state index in [1.54, 1.807) is 36.9 Å². The van der Waals surface area contributed by atoms with Gasteiger partial charge in [-0.25, -0.2) is 24.9 Å². The summed E-state index contributed by atoms with van der Waals surface area (Å²) in [6, 6.07) is 22.2. The van der Waals surface area contributed by atoms with Crippen LogP contribution in [0.4, 0.5) is 34.6 Å². The monoisotopic (exact) mass is 589 g/mol. The number of nitrogens with one attached hydrogen (secondary N) is 2. The lowest BCUT2D eigenvalue weighted by atomic mass is 10.2. The SMILES string of the molecule is Cc1ccc(N)cc1Nc1nccc(-c2ccc(Cl)nc2)n1.Cc1ccc(N)cc1Nc1nccc(-c2cccnn2)n1. The molecule has 0 amide bonds. The van der Waals surface area contributed by atoms with Gasteiger partial charge in [0.25, 0.3) is 0 Å². The first-order valence-electron chi connectivity index (χ1n) is 13.2. The van der Waals surface area contributed by atoms with Crippen molar-refractivity contribution in [1.29, 1.82) is 0 Å². The summed E-state index contributed by atoms with van der Waals surface area (Å²) < 4.78 is 0. The van der Waals surface area contributed by atoms with Crippen molar-refractivity contribution in [2.45, 2.75) is 13.8 Å². The third kappa shape index (κ3) is 7.75. The van der Waals surface area contributed by atoms with Gasteiger partial charge in [0, 0.05) is 53.1 Å². The van der Waals surface area contributed by atoms with E-state index in [4.69, 9.17) is 23.1 Å². The molecule has 0 aliphatic heterocycles. The van der Waals surface area contributed by atoms with E-state index >= 15 is 0 Å². The highest BCUT2D eigenvalue weighted by atomic mass is 35.5. The lowest BCUT2D eigenvalue weighted by Gasteiger charge is -2.10. The lowest BCUT2D eigenvalue weighted by molar-refractivity contribution is 1.02. The minimum Gasteiger partial charge on any atom is -0.399 e. The normalized spacial score (nSPS) is 10.4. The fourth-order valence-corrected chi connectivity index (χ4v) is 4.01. The number of pyridine rings is 1. The summed E-state index contributed by atoms with van der Waals surface area (Å²) in [7, 11) is 0. The zero-order valence-electron chi connectivity index (χ0n) is 23.4. The van der Waals surface area contributed by atoms with Crippen LogP contribution in [0, 0.1) is 13.8 Å². The zero-order valence-corrected chi connectivity index (χ0v) is 24.2. The van der Waals surface area contributed by atoms with Crippen LogP contribution in [0.3, 0.4) is 0 Å². The Morgan fingerprint density at radius 2 is 1.23 bits per heavy atom. The first kappa shape index (κ1) is 28.8. The Morgan fingerprint density at radius 3 is 1.79 bits per heavy atom. The minimum absolute atomic E-state index is 0.451. The van der Waals surface area contributed by atoms with Crippen LogP contribution >= 0.6 is 11.6 Å². The molecule has 0 radical (unpaired) electrons. The Balaban J connectivity index is 0.000000171. The molecule has 6 aromatic rings. The van der Waals surface area contributed by atoms with E-state index in [0.717, 1.165) is 33.8 Å². The molecule has 11 nitrogen and oxygen atoms in total. The van der Waals surface area contributed by atoms with Gasteiger partial charge in [0.05, 0.1) is 11.4 Å². The molecular formula is C31H28ClN11. The summed E-state index contributed by atoms with van der Waals surface area (Å²) in [6.45, 7) is 3.99. The number of aryl methyl sites for hydroxylation is 2. The van der Waals surface area contributed by atoms with E-state index in [-0.39, 0.29) is 0 Å². The van der Waals surface area contributed by atoms with Crippen molar-refractivity contribution >= 4 is 46.2 Å². The summed E-state index contributed by atoms with van der Waals surface area (Å²) in [6.07, 6.45) is 6.68. The number of rotatable bonds is 6. The molecule has 0 aliphatic rings. The highest BCUT2D eigenvalue weighted by Crippen LogP contribution is 2.24. The van der Waals surface area contributed by atoms with Crippen LogP contribution in [-0.2, 0) is 0 Å². The number of hydrogen-bond acceptors (Lipinski definition) is 11. The molecule has 4 aromatic heterocycles. The van der Waals surface area contributed by atoms with Crippen molar-refractivity contribution in [3.05, 3.63) is 114 Å². The van der Waals surface area contributed by atoms with Crippen molar-refractivity contribution in [3.63, 3.8) is 0 Å². The predicted molar refractivity (Wildman–Crippen MR) is 171 cm³/mol. The highest BCUT2D eigenvalue weighted by molar-refractivity contribution is 6.29. The van der Waals surface area contributed by atoms with Crippen LogP contribution in [0.25, 0.3) is 22.6 Å². The summed E-state index contributed by atoms with van der Waals surface area (Å²) in [4.78, 5) is 21.5. The molecule has 0 bridgehead atoms. The van der Waals surface area contributed by atoms with Gasteiger partial charge in [-0.05, 0) is 85.6 Å². The highest BCUT2D eigenvalue weighted by Gasteiger charge is 2.07. The Kier molecular flexibility index (Phi) is 8.93. The van der Waals surface area contributed by atoms with Crippen molar-refractivity contribution < 1.29 is 0 Å². The molecule has 0 aliphatic carbocycles. The molecule has 12 heteroatoms. The lowest BCUT2D eigenvalue weighted by Crippen LogP contribution is -2.01. The molecule has 0 unspecified atom stereocenters. The fraction of sp³-hybridized carbons (Fsp3) is 0.0645. The fourth-order valence-electron chi connectivity index (χ4n) is 3.90. The van der Waals surface area contributed by atoms with Gasteiger partial charge >= 0.3 is 0 Å². The molecule has 2 aromatic carbocycles. The van der Waals surface area contributed by atoms with Crippen LogP contribution in [-0.4, -0.2) is 35.1 Å². The Hall–Kier alpha value is -5.68. The third-order valence-electron chi connectivity index (χ3n) is 6.19. The number of nitrogens with two attached hydrogens (primary N) is 2. The Labute approximate surface area is 253 Å². The van der Waals surface area contributed by atoms with Crippen LogP contribution < -0.4 is 22.1 Å². The van der Waals surface area contributed by atoms with Gasteiger partial charge in [-0.3, -0.25) is 0 Å². The van der Waals surface area contributed by atoms with Crippen molar-refractivity contribution in [2.24, 2.45) is 0 Å². The van der Waals surface area contributed by atoms with Crippen molar-refractivity contribution in [3.8, 4) is 22.6 Å². The average molecular weight is 590 g/mol. The van der Waals surface area contributed by atoms with Crippen molar-refractivity contribution in [2.75, 3.05) is 22.1 Å². The summed E-state index contributed by atoms with van der Waals surface area (Å²) >= 11 is 5.80. The molecule has 6 N–H and O–H groups in total. The molecule has 0 fully saturated rings. The first-order chi connectivity index (χ1) is 20.8. The topological polar surface area (TPSA) is 166 Å². The average Bonchev–Trinajstić information content (AvgIpc) is 3.02. The van der Waals surface area contributed by atoms with E-state index in [0.29, 0.717) is 39.8 Å². The van der Waals surface area contributed by atoms with Gasteiger partial charge in [-0.1, -0.05) is 23.7 Å². The van der Waals surface area contributed by atoms with E-state index in [2.05, 4.69) is 45.8 Å². The van der Waals surface area contributed by atoms with Gasteiger partial charge < -0.3 is 22.1 Å². The summed E-state index contributed by atoms with van der Waals surface area (Å²) in [5, 5.41) is 14.7. The maximum absolute atomic E-state index is 5.81. The number of anilines is 6. The smallest absolute Gasteiger partial charge is 0.227 e. The molecular weight excluding hydrogens is 562 g/mol. The number of benzene rings is 2. The second kappa shape index (κ2) is 13.3. The second-order valence-corrected chi connectivity index (χ2v) is 9.80. The van der Waals surface area contributed by atoms with Crippen LogP contribution in [0.1, 0.15) is 11.1 Å². The largest absolute Gasteiger partial charge is 0.399 e. The molecule has 4 heterocycles. The van der Waals surface area contributed by atoms with E-state index in [9.17, 15) is 0 Å². The minimum atomic E-state index is 0.451. The number of nitrogen functional groups attached to an aromatic ring is 2. The quantitative estimate of drug-likeness (QED) is 0.125. The van der Waals surface area contributed by atoms with Gasteiger partial charge in [0.2, 0.25) is 11.9 Å². The number of halogens is 1. The predicted octanol–water partition coefficient (Wildman–Crippen LogP) is 6.39. The Bertz CT molecular complexity index is 1830.